The number of aryl methyl sites for hydroxylation is 1. The van der Waals surface area contributed by atoms with Crippen molar-refractivity contribution in [3.05, 3.63) is 36.0 Å². The number of piperazine rings is 1. The van der Waals surface area contributed by atoms with Gasteiger partial charge in [0.05, 0.1) is 6.20 Å². The van der Waals surface area contributed by atoms with Gasteiger partial charge in [-0.3, -0.25) is 4.79 Å². The Morgan fingerprint density at radius 2 is 1.88 bits per heavy atom. The van der Waals surface area contributed by atoms with Crippen LogP contribution in [-0.4, -0.2) is 60.4 Å². The molecule has 132 valence electrons. The van der Waals surface area contributed by atoms with Gasteiger partial charge < -0.3 is 20.4 Å². The molecule has 7 nitrogen and oxygen atoms in total. The van der Waals surface area contributed by atoms with E-state index in [-0.39, 0.29) is 5.91 Å². The van der Waals surface area contributed by atoms with Gasteiger partial charge in [-0.05, 0) is 37.7 Å². The summed E-state index contributed by atoms with van der Waals surface area (Å²) in [6, 6.07) is 7.86. The molecule has 4 rings (SSSR count). The van der Waals surface area contributed by atoms with Gasteiger partial charge in [-0.25, -0.2) is 4.68 Å². The first kappa shape index (κ1) is 16.0. The predicted octanol–water partition coefficient (Wildman–Crippen LogP) is 1.70. The van der Waals surface area contributed by atoms with Crippen LogP contribution < -0.4 is 15.5 Å². The molecule has 0 radical (unpaired) electrons. The Bertz CT molecular complexity index is 745. The number of aromatic nitrogens is 2. The standard InChI is InChI=1S/C18H24N6O/c1-22-9-11-23(12-10-22)15-5-3-14(4-6-15)18(25)21-16-13-20-24-8-2-7-19-17(16)24/h3-6,13,19H,2,7-12H2,1H3,(H,21,25). The number of likely N-dealkylation sites (N-methyl/N-ethyl adjacent to an activating group) is 1. The van der Waals surface area contributed by atoms with Gasteiger partial charge in [0, 0.05) is 50.5 Å². The largest absolute Gasteiger partial charge is 0.369 e. The molecule has 1 fully saturated rings. The monoisotopic (exact) mass is 340 g/mol. The van der Waals surface area contributed by atoms with Crippen LogP contribution in [0.15, 0.2) is 30.5 Å². The van der Waals surface area contributed by atoms with Crippen molar-refractivity contribution in [1.82, 2.24) is 14.7 Å². The summed E-state index contributed by atoms with van der Waals surface area (Å²) in [5, 5.41) is 10.6. The molecule has 0 unspecified atom stereocenters. The topological polar surface area (TPSA) is 65.4 Å². The van der Waals surface area contributed by atoms with Gasteiger partial charge in [0.15, 0.2) is 0 Å². The van der Waals surface area contributed by atoms with Gasteiger partial charge in [0.1, 0.15) is 11.5 Å². The maximum atomic E-state index is 12.5. The van der Waals surface area contributed by atoms with Crippen LogP contribution in [0, 0.1) is 0 Å². The Kier molecular flexibility index (Phi) is 4.31. The van der Waals surface area contributed by atoms with E-state index in [1.807, 2.05) is 28.9 Å². The van der Waals surface area contributed by atoms with Crippen molar-refractivity contribution in [2.75, 3.05) is 55.3 Å². The number of fused-ring (bicyclic) bond motifs is 1. The lowest BCUT2D eigenvalue weighted by Crippen LogP contribution is -2.44. The van der Waals surface area contributed by atoms with E-state index in [1.54, 1.807) is 6.20 Å². The number of amides is 1. The van der Waals surface area contributed by atoms with Crippen molar-refractivity contribution in [2.24, 2.45) is 0 Å². The summed E-state index contributed by atoms with van der Waals surface area (Å²) in [5.74, 6) is 0.793. The lowest BCUT2D eigenvalue weighted by Gasteiger charge is -2.34. The second-order valence-corrected chi connectivity index (χ2v) is 6.70. The minimum atomic E-state index is -0.104. The molecule has 0 atom stereocenters. The Hall–Kier alpha value is -2.54. The van der Waals surface area contributed by atoms with Crippen molar-refractivity contribution >= 4 is 23.1 Å². The molecule has 2 aromatic rings. The maximum absolute atomic E-state index is 12.5. The highest BCUT2D eigenvalue weighted by Gasteiger charge is 2.18. The van der Waals surface area contributed by atoms with Crippen LogP contribution >= 0.6 is 0 Å². The van der Waals surface area contributed by atoms with Crippen molar-refractivity contribution in [3.8, 4) is 0 Å². The highest BCUT2D eigenvalue weighted by molar-refractivity contribution is 6.05. The lowest BCUT2D eigenvalue weighted by molar-refractivity contribution is 0.102. The Morgan fingerprint density at radius 3 is 2.64 bits per heavy atom. The molecule has 3 heterocycles. The summed E-state index contributed by atoms with van der Waals surface area (Å²) >= 11 is 0. The lowest BCUT2D eigenvalue weighted by atomic mass is 10.1. The normalized spacial score (nSPS) is 17.7. The quantitative estimate of drug-likeness (QED) is 0.890. The zero-order valence-electron chi connectivity index (χ0n) is 14.5. The molecule has 2 aliphatic rings. The second-order valence-electron chi connectivity index (χ2n) is 6.70. The summed E-state index contributed by atoms with van der Waals surface area (Å²) < 4.78 is 1.90. The average Bonchev–Trinajstić information content (AvgIpc) is 3.06. The van der Waals surface area contributed by atoms with Crippen molar-refractivity contribution in [1.29, 1.82) is 0 Å². The van der Waals surface area contributed by atoms with Crippen molar-refractivity contribution in [2.45, 2.75) is 13.0 Å². The Labute approximate surface area is 147 Å². The molecular formula is C18H24N6O. The summed E-state index contributed by atoms with van der Waals surface area (Å²) in [7, 11) is 2.15. The van der Waals surface area contributed by atoms with Crippen LogP contribution in [0.1, 0.15) is 16.8 Å². The Balaban J connectivity index is 1.43. The summed E-state index contributed by atoms with van der Waals surface area (Å²) in [6.45, 7) is 5.99. The van der Waals surface area contributed by atoms with E-state index in [0.717, 1.165) is 57.2 Å². The molecule has 0 saturated carbocycles. The molecule has 1 aromatic heterocycles. The van der Waals surface area contributed by atoms with E-state index in [0.29, 0.717) is 5.56 Å². The van der Waals surface area contributed by atoms with E-state index in [4.69, 9.17) is 0 Å². The predicted molar refractivity (Wildman–Crippen MR) is 99.4 cm³/mol. The molecule has 0 spiro atoms. The number of carbonyl (C=O) groups excluding carboxylic acids is 1. The minimum absolute atomic E-state index is 0.104. The molecule has 2 aliphatic heterocycles. The first-order valence-electron chi connectivity index (χ1n) is 8.85. The number of rotatable bonds is 3. The number of hydrogen-bond acceptors (Lipinski definition) is 5. The van der Waals surface area contributed by atoms with Gasteiger partial charge in [0.25, 0.3) is 5.91 Å². The molecule has 0 bridgehead atoms. The van der Waals surface area contributed by atoms with Gasteiger partial charge in [0.2, 0.25) is 0 Å². The van der Waals surface area contributed by atoms with E-state index in [2.05, 4.69) is 32.6 Å². The first-order chi connectivity index (χ1) is 12.2. The SMILES string of the molecule is CN1CCN(c2ccc(C(=O)Nc3cnn4c3NCCC4)cc2)CC1. The molecule has 1 amide bonds. The molecule has 1 aromatic carbocycles. The van der Waals surface area contributed by atoms with Crippen LogP contribution in [-0.2, 0) is 6.54 Å². The zero-order chi connectivity index (χ0) is 17.2. The summed E-state index contributed by atoms with van der Waals surface area (Å²) in [5.41, 5.74) is 2.58. The first-order valence-corrected chi connectivity index (χ1v) is 8.85. The van der Waals surface area contributed by atoms with Crippen LogP contribution in [0.5, 0.6) is 0 Å². The molecule has 25 heavy (non-hydrogen) atoms. The number of carbonyl (C=O) groups is 1. The molecule has 2 N–H and O–H groups in total. The van der Waals surface area contributed by atoms with Crippen LogP contribution in [0.4, 0.5) is 17.2 Å². The van der Waals surface area contributed by atoms with E-state index < -0.39 is 0 Å². The second kappa shape index (κ2) is 6.76. The van der Waals surface area contributed by atoms with Crippen LogP contribution in [0.2, 0.25) is 0 Å². The van der Waals surface area contributed by atoms with Crippen molar-refractivity contribution in [3.63, 3.8) is 0 Å². The van der Waals surface area contributed by atoms with Gasteiger partial charge in [-0.1, -0.05) is 0 Å². The molecule has 0 aliphatic carbocycles. The third-order valence-electron chi connectivity index (χ3n) is 4.92. The maximum Gasteiger partial charge on any atom is 0.255 e. The minimum Gasteiger partial charge on any atom is -0.369 e. The fraction of sp³-hybridized carbons (Fsp3) is 0.444. The van der Waals surface area contributed by atoms with Gasteiger partial charge in [-0.2, -0.15) is 5.10 Å². The van der Waals surface area contributed by atoms with Gasteiger partial charge in [-0.15, -0.1) is 0 Å². The number of benzene rings is 1. The van der Waals surface area contributed by atoms with Crippen LogP contribution in [0.25, 0.3) is 0 Å². The molecule has 7 heteroatoms. The highest BCUT2D eigenvalue weighted by Crippen LogP contribution is 2.25. The number of nitrogens with one attached hydrogen (secondary N) is 2. The Morgan fingerprint density at radius 1 is 1.12 bits per heavy atom. The average molecular weight is 340 g/mol. The number of hydrogen-bond donors (Lipinski definition) is 2. The summed E-state index contributed by atoms with van der Waals surface area (Å²) in [6.07, 6.45) is 2.76. The van der Waals surface area contributed by atoms with Gasteiger partial charge >= 0.3 is 0 Å². The zero-order valence-corrected chi connectivity index (χ0v) is 14.5. The molecule has 1 saturated heterocycles. The third-order valence-corrected chi connectivity index (χ3v) is 4.92. The third kappa shape index (κ3) is 3.32. The van der Waals surface area contributed by atoms with E-state index in [9.17, 15) is 4.79 Å². The van der Waals surface area contributed by atoms with Crippen LogP contribution in [0.3, 0.4) is 0 Å². The fourth-order valence-corrected chi connectivity index (χ4v) is 3.35. The number of anilines is 3. The van der Waals surface area contributed by atoms with E-state index in [1.165, 1.54) is 5.69 Å². The van der Waals surface area contributed by atoms with E-state index >= 15 is 0 Å². The summed E-state index contributed by atoms with van der Waals surface area (Å²) in [4.78, 5) is 17.2. The van der Waals surface area contributed by atoms with Crippen molar-refractivity contribution < 1.29 is 4.79 Å². The smallest absolute Gasteiger partial charge is 0.255 e. The number of nitrogens with zero attached hydrogens (tertiary/aromatic N) is 4. The molecular weight excluding hydrogens is 316 g/mol. The highest BCUT2D eigenvalue weighted by atomic mass is 16.1. The fourth-order valence-electron chi connectivity index (χ4n) is 3.35.